The molecule has 2 atom stereocenters. The van der Waals surface area contributed by atoms with Crippen LogP contribution in [0.4, 0.5) is 10.1 Å². The Morgan fingerprint density at radius 1 is 1.41 bits per heavy atom. The van der Waals surface area contributed by atoms with Gasteiger partial charge in [-0.1, -0.05) is 13.0 Å². The number of anilines is 1. The summed E-state index contributed by atoms with van der Waals surface area (Å²) in [5, 5.41) is 0. The Hall–Kier alpha value is -1.58. The highest BCUT2D eigenvalue weighted by molar-refractivity contribution is 5.76. The summed E-state index contributed by atoms with van der Waals surface area (Å²) in [4.78, 5) is 16.4. The third kappa shape index (κ3) is 2.59. The lowest BCUT2D eigenvalue weighted by molar-refractivity contribution is -0.132. The highest BCUT2D eigenvalue weighted by atomic mass is 19.1. The van der Waals surface area contributed by atoms with Crippen LogP contribution in [0.1, 0.15) is 40.0 Å². The Morgan fingerprint density at radius 3 is 2.86 bits per heavy atom. The van der Waals surface area contributed by atoms with Gasteiger partial charge in [0.15, 0.2) is 0 Å². The summed E-state index contributed by atoms with van der Waals surface area (Å²) in [6, 6.07) is 7.30. The van der Waals surface area contributed by atoms with E-state index in [4.69, 9.17) is 0 Å². The molecule has 2 heterocycles. The number of halogens is 1. The van der Waals surface area contributed by atoms with Crippen molar-refractivity contribution in [2.75, 3.05) is 18.0 Å². The largest absolute Gasteiger partial charge is 0.363 e. The predicted octanol–water partition coefficient (Wildman–Crippen LogP) is 3.44. The van der Waals surface area contributed by atoms with Crippen molar-refractivity contribution in [3.63, 3.8) is 0 Å². The number of amides is 1. The first kappa shape index (κ1) is 15.3. The van der Waals surface area contributed by atoms with Gasteiger partial charge in [-0.15, -0.1) is 0 Å². The number of carbonyl (C=O) groups is 1. The van der Waals surface area contributed by atoms with E-state index in [1.165, 1.54) is 6.07 Å². The van der Waals surface area contributed by atoms with E-state index in [1.807, 2.05) is 17.9 Å². The fourth-order valence-corrected chi connectivity index (χ4v) is 4.37. The fourth-order valence-electron chi connectivity index (χ4n) is 4.37. The molecular formula is C18H25FN2O. The molecule has 0 radical (unpaired) electrons. The maximum Gasteiger partial charge on any atom is 0.222 e. The molecule has 2 saturated heterocycles. The summed E-state index contributed by atoms with van der Waals surface area (Å²) in [6.45, 7) is 8.03. The molecule has 3 nitrogen and oxygen atoms in total. The van der Waals surface area contributed by atoms with Gasteiger partial charge in [-0.2, -0.15) is 0 Å². The van der Waals surface area contributed by atoms with Crippen LogP contribution in [0, 0.1) is 11.7 Å². The number of likely N-dealkylation sites (tertiary alicyclic amines) is 1. The molecule has 0 bridgehead atoms. The molecule has 120 valence electrons. The summed E-state index contributed by atoms with van der Waals surface area (Å²) in [5.41, 5.74) is 0.960. The summed E-state index contributed by atoms with van der Waals surface area (Å²) in [7, 11) is 0. The number of rotatable bonds is 2. The van der Waals surface area contributed by atoms with Crippen LogP contribution in [0.25, 0.3) is 0 Å². The van der Waals surface area contributed by atoms with Crippen LogP contribution in [0.15, 0.2) is 24.3 Å². The number of piperidine rings is 1. The molecule has 1 amide bonds. The molecule has 0 N–H and O–H groups in total. The van der Waals surface area contributed by atoms with Gasteiger partial charge in [0.05, 0.1) is 0 Å². The monoisotopic (exact) mass is 304 g/mol. The molecule has 2 aliphatic heterocycles. The van der Waals surface area contributed by atoms with E-state index in [0.29, 0.717) is 18.4 Å². The second kappa shape index (κ2) is 5.56. The Kier molecular flexibility index (Phi) is 3.87. The zero-order valence-electron chi connectivity index (χ0n) is 13.7. The maximum atomic E-state index is 13.6. The molecule has 0 unspecified atom stereocenters. The summed E-state index contributed by atoms with van der Waals surface area (Å²) in [5.74, 6) is 0.540. The third-order valence-electron chi connectivity index (χ3n) is 5.18. The van der Waals surface area contributed by atoms with Crippen molar-refractivity contribution in [3.8, 4) is 0 Å². The van der Waals surface area contributed by atoms with Crippen LogP contribution < -0.4 is 4.90 Å². The second-order valence-corrected chi connectivity index (χ2v) is 7.18. The summed E-state index contributed by atoms with van der Waals surface area (Å²) >= 11 is 0. The molecule has 0 aromatic heterocycles. The van der Waals surface area contributed by atoms with Gasteiger partial charge in [0, 0.05) is 36.8 Å². The number of hydrogen-bond acceptors (Lipinski definition) is 2. The van der Waals surface area contributed by atoms with Crippen LogP contribution >= 0.6 is 0 Å². The van der Waals surface area contributed by atoms with Crippen molar-refractivity contribution in [2.24, 2.45) is 5.92 Å². The number of benzene rings is 1. The van der Waals surface area contributed by atoms with E-state index in [9.17, 15) is 9.18 Å². The Bertz CT molecular complexity index is 572. The Balaban J connectivity index is 1.86. The average Bonchev–Trinajstić information content (AvgIpc) is 2.75. The first-order chi connectivity index (χ1) is 10.4. The topological polar surface area (TPSA) is 23.6 Å². The Labute approximate surface area is 132 Å². The molecule has 1 aromatic carbocycles. The van der Waals surface area contributed by atoms with Crippen LogP contribution in [0.5, 0.6) is 0 Å². The smallest absolute Gasteiger partial charge is 0.222 e. The molecule has 4 heteroatoms. The van der Waals surface area contributed by atoms with Gasteiger partial charge in [-0.05, 0) is 50.8 Å². The van der Waals surface area contributed by atoms with E-state index < -0.39 is 0 Å². The first-order valence-electron chi connectivity index (χ1n) is 8.25. The summed E-state index contributed by atoms with van der Waals surface area (Å²) in [6.07, 6.45) is 2.59. The van der Waals surface area contributed by atoms with Crippen molar-refractivity contribution in [2.45, 2.75) is 51.6 Å². The molecule has 0 saturated carbocycles. The van der Waals surface area contributed by atoms with Crippen LogP contribution in [-0.2, 0) is 4.79 Å². The second-order valence-electron chi connectivity index (χ2n) is 7.18. The number of hydrogen-bond donors (Lipinski definition) is 0. The zero-order chi connectivity index (χ0) is 15.9. The van der Waals surface area contributed by atoms with Crippen molar-refractivity contribution >= 4 is 11.6 Å². The van der Waals surface area contributed by atoms with Crippen LogP contribution in [-0.4, -0.2) is 35.5 Å². The number of fused-ring (bicyclic) bond motifs is 1. The lowest BCUT2D eigenvalue weighted by atomic mass is 9.89. The minimum Gasteiger partial charge on any atom is -0.363 e. The molecule has 0 spiro atoms. The molecule has 2 aliphatic rings. The predicted molar refractivity (Wildman–Crippen MR) is 86.3 cm³/mol. The molecule has 1 aromatic rings. The minimum atomic E-state index is -0.185. The van der Waals surface area contributed by atoms with Gasteiger partial charge >= 0.3 is 0 Å². The van der Waals surface area contributed by atoms with Gasteiger partial charge in [0.2, 0.25) is 5.91 Å². The van der Waals surface area contributed by atoms with E-state index in [-0.39, 0.29) is 17.3 Å². The van der Waals surface area contributed by atoms with Crippen LogP contribution in [0.2, 0.25) is 0 Å². The highest BCUT2D eigenvalue weighted by Crippen LogP contribution is 2.44. The van der Waals surface area contributed by atoms with E-state index in [0.717, 1.165) is 31.6 Å². The SMILES string of the molecule is CCC(=O)N1CC[C@H]2[C@@H](C1)CC(C)(C)N2c1cccc(F)c1. The van der Waals surface area contributed by atoms with Gasteiger partial charge in [0.1, 0.15) is 5.82 Å². The van der Waals surface area contributed by atoms with Gasteiger partial charge in [0.25, 0.3) is 0 Å². The molecule has 2 fully saturated rings. The zero-order valence-corrected chi connectivity index (χ0v) is 13.7. The quantitative estimate of drug-likeness (QED) is 0.835. The van der Waals surface area contributed by atoms with Crippen molar-refractivity contribution < 1.29 is 9.18 Å². The van der Waals surface area contributed by atoms with Crippen molar-refractivity contribution in [1.29, 1.82) is 0 Å². The van der Waals surface area contributed by atoms with Crippen molar-refractivity contribution in [1.82, 2.24) is 4.90 Å². The lowest BCUT2D eigenvalue weighted by Crippen LogP contribution is -2.50. The van der Waals surface area contributed by atoms with E-state index in [2.05, 4.69) is 18.7 Å². The average molecular weight is 304 g/mol. The first-order valence-corrected chi connectivity index (χ1v) is 8.25. The summed E-state index contributed by atoms with van der Waals surface area (Å²) < 4.78 is 13.6. The molecule has 3 rings (SSSR count). The standard InChI is InChI=1S/C18H25FN2O/c1-4-17(22)20-9-8-16-13(12-20)11-18(2,3)21(16)15-7-5-6-14(19)10-15/h5-7,10,13,16H,4,8-9,11-12H2,1-3H3/t13-,16+/m1/s1. The molecular weight excluding hydrogens is 279 g/mol. The van der Waals surface area contributed by atoms with E-state index in [1.54, 1.807) is 12.1 Å². The number of nitrogens with zero attached hydrogens (tertiary/aromatic N) is 2. The van der Waals surface area contributed by atoms with Gasteiger partial charge in [-0.3, -0.25) is 4.79 Å². The van der Waals surface area contributed by atoms with Crippen LogP contribution in [0.3, 0.4) is 0 Å². The number of carbonyl (C=O) groups excluding carboxylic acids is 1. The maximum absolute atomic E-state index is 13.6. The van der Waals surface area contributed by atoms with E-state index >= 15 is 0 Å². The molecule has 22 heavy (non-hydrogen) atoms. The van der Waals surface area contributed by atoms with Crippen molar-refractivity contribution in [3.05, 3.63) is 30.1 Å². The molecule has 0 aliphatic carbocycles. The third-order valence-corrected chi connectivity index (χ3v) is 5.18. The minimum absolute atomic E-state index is 0.00556. The lowest BCUT2D eigenvalue weighted by Gasteiger charge is -2.41. The van der Waals surface area contributed by atoms with Gasteiger partial charge < -0.3 is 9.80 Å². The normalized spacial score (nSPS) is 26.9. The Morgan fingerprint density at radius 2 is 2.18 bits per heavy atom. The highest BCUT2D eigenvalue weighted by Gasteiger charge is 2.48. The van der Waals surface area contributed by atoms with Gasteiger partial charge in [-0.25, -0.2) is 4.39 Å². The fraction of sp³-hybridized carbons (Fsp3) is 0.611.